The van der Waals surface area contributed by atoms with Crippen molar-refractivity contribution in [3.8, 4) is 0 Å². The fourth-order valence-corrected chi connectivity index (χ4v) is 2.33. The number of methoxy groups -OCH3 is 1. The van der Waals surface area contributed by atoms with Crippen molar-refractivity contribution in [2.45, 2.75) is 38.5 Å². The first-order valence-corrected chi connectivity index (χ1v) is 7.37. The maximum absolute atomic E-state index is 14.0. The van der Waals surface area contributed by atoms with Crippen LogP contribution in [0.2, 0.25) is 0 Å². The molecule has 0 aliphatic heterocycles. The lowest BCUT2D eigenvalue weighted by molar-refractivity contribution is 0.0600. The van der Waals surface area contributed by atoms with Gasteiger partial charge in [0.2, 0.25) is 0 Å². The Kier molecular flexibility index (Phi) is 5.42. The molecule has 2 atom stereocenters. The van der Waals surface area contributed by atoms with Gasteiger partial charge in [0.25, 0.3) is 0 Å². The Balaban J connectivity index is 2.92. The first kappa shape index (κ1) is 16.8. The van der Waals surface area contributed by atoms with E-state index < -0.39 is 33.6 Å². The summed E-state index contributed by atoms with van der Waals surface area (Å²) in [6.45, 7) is 7.22. The highest BCUT2D eigenvalue weighted by Gasteiger charge is 2.23. The number of esters is 1. The van der Waals surface area contributed by atoms with E-state index in [9.17, 15) is 13.4 Å². The third-order valence-corrected chi connectivity index (χ3v) is 4.41. The quantitative estimate of drug-likeness (QED) is 0.870. The molecule has 0 fully saturated rings. The minimum atomic E-state index is -1.30. The fourth-order valence-electron chi connectivity index (χ4n) is 1.52. The van der Waals surface area contributed by atoms with Crippen molar-refractivity contribution in [1.82, 2.24) is 4.72 Å². The van der Waals surface area contributed by atoms with Gasteiger partial charge in [0.05, 0.1) is 28.4 Å². The highest BCUT2D eigenvalue weighted by molar-refractivity contribution is 7.84. The van der Waals surface area contributed by atoms with Crippen LogP contribution in [0.1, 0.15) is 49.7 Å². The minimum absolute atomic E-state index is 0.151. The highest BCUT2D eigenvalue weighted by Crippen LogP contribution is 2.21. The summed E-state index contributed by atoms with van der Waals surface area (Å²) in [5.41, 5.74) is 0.508. The van der Waals surface area contributed by atoms with Crippen molar-refractivity contribution < 1.29 is 18.1 Å². The molecule has 1 unspecified atom stereocenters. The van der Waals surface area contributed by atoms with Crippen molar-refractivity contribution in [2.75, 3.05) is 7.11 Å². The number of ether oxygens (including phenoxy) is 1. The number of halogens is 1. The monoisotopic (exact) mass is 301 g/mol. The smallest absolute Gasteiger partial charge is 0.337 e. The van der Waals surface area contributed by atoms with Crippen molar-refractivity contribution in [1.29, 1.82) is 0 Å². The molecular formula is C14H20FNO3S. The molecule has 0 heterocycles. The Morgan fingerprint density at radius 3 is 2.45 bits per heavy atom. The largest absolute Gasteiger partial charge is 0.465 e. The zero-order valence-corrected chi connectivity index (χ0v) is 13.1. The fraction of sp³-hybridized carbons (Fsp3) is 0.500. The van der Waals surface area contributed by atoms with Gasteiger partial charge in [-0.1, -0.05) is 6.07 Å². The summed E-state index contributed by atoms with van der Waals surface area (Å²) in [6.07, 6.45) is 0. The standard InChI is InChI=1S/C14H20FNO3S/c1-9(16-20(18)14(2,3)4)11-7-6-10(8-12(11)15)13(17)19-5/h6-9,16H,1-5H3/t9?,20-/m1/s1. The molecule has 0 spiro atoms. The number of hydrogen-bond donors (Lipinski definition) is 1. The van der Waals surface area contributed by atoms with Gasteiger partial charge in [0, 0.05) is 11.6 Å². The summed E-state index contributed by atoms with van der Waals surface area (Å²) in [6, 6.07) is 3.68. The molecule has 1 aromatic rings. The molecule has 0 aliphatic carbocycles. The molecule has 0 radical (unpaired) electrons. The van der Waals surface area contributed by atoms with Crippen LogP contribution in [-0.2, 0) is 15.7 Å². The molecule has 1 N–H and O–H groups in total. The number of carbonyl (C=O) groups excluding carboxylic acids is 1. The predicted octanol–water partition coefficient (Wildman–Crippen LogP) is 2.73. The number of carbonyl (C=O) groups is 1. The number of rotatable bonds is 4. The van der Waals surface area contributed by atoms with E-state index in [2.05, 4.69) is 9.46 Å². The molecule has 1 rings (SSSR count). The van der Waals surface area contributed by atoms with Crippen LogP contribution in [-0.4, -0.2) is 22.0 Å². The summed E-state index contributed by atoms with van der Waals surface area (Å²) in [5.74, 6) is -1.12. The second-order valence-corrected chi connectivity index (χ2v) is 7.45. The molecule has 4 nitrogen and oxygen atoms in total. The predicted molar refractivity (Wildman–Crippen MR) is 77.2 cm³/mol. The molecule has 20 heavy (non-hydrogen) atoms. The van der Waals surface area contributed by atoms with Gasteiger partial charge in [-0.2, -0.15) is 0 Å². The van der Waals surface area contributed by atoms with E-state index in [1.54, 1.807) is 6.92 Å². The van der Waals surface area contributed by atoms with Gasteiger partial charge in [-0.25, -0.2) is 18.1 Å². The zero-order chi connectivity index (χ0) is 15.5. The Hall–Kier alpha value is -1.27. The SMILES string of the molecule is COC(=O)c1ccc(C(C)N[S@](=O)C(C)(C)C)c(F)c1. The van der Waals surface area contributed by atoms with Crippen molar-refractivity contribution in [2.24, 2.45) is 0 Å². The van der Waals surface area contributed by atoms with Crippen molar-refractivity contribution >= 4 is 17.0 Å². The average molecular weight is 301 g/mol. The zero-order valence-electron chi connectivity index (χ0n) is 12.3. The molecule has 0 amide bonds. The van der Waals surface area contributed by atoms with Crippen LogP contribution < -0.4 is 4.72 Å². The number of hydrogen-bond acceptors (Lipinski definition) is 3. The van der Waals surface area contributed by atoms with Crippen LogP contribution in [0.15, 0.2) is 18.2 Å². The summed E-state index contributed by atoms with van der Waals surface area (Å²) in [4.78, 5) is 11.3. The van der Waals surface area contributed by atoms with Crippen molar-refractivity contribution in [3.05, 3.63) is 35.1 Å². The molecular weight excluding hydrogens is 281 g/mol. The number of nitrogens with one attached hydrogen (secondary N) is 1. The Morgan fingerprint density at radius 2 is 2.00 bits per heavy atom. The van der Waals surface area contributed by atoms with E-state index in [1.807, 2.05) is 20.8 Å². The Morgan fingerprint density at radius 1 is 1.40 bits per heavy atom. The first-order chi connectivity index (χ1) is 9.16. The third-order valence-electron chi connectivity index (χ3n) is 2.73. The third kappa shape index (κ3) is 4.11. The Labute approximate surface area is 121 Å². The van der Waals surface area contributed by atoms with Gasteiger partial charge in [-0.15, -0.1) is 0 Å². The maximum Gasteiger partial charge on any atom is 0.337 e. The van der Waals surface area contributed by atoms with E-state index in [4.69, 9.17) is 0 Å². The van der Waals surface area contributed by atoms with Gasteiger partial charge in [0.15, 0.2) is 0 Å². The van der Waals surface area contributed by atoms with Crippen LogP contribution >= 0.6 is 0 Å². The molecule has 6 heteroatoms. The topological polar surface area (TPSA) is 55.4 Å². The minimum Gasteiger partial charge on any atom is -0.465 e. The summed E-state index contributed by atoms with van der Waals surface area (Å²) < 4.78 is 32.9. The van der Waals surface area contributed by atoms with Crippen LogP contribution in [0.5, 0.6) is 0 Å². The normalized spacial score (nSPS) is 14.7. The average Bonchev–Trinajstić information content (AvgIpc) is 2.36. The lowest BCUT2D eigenvalue weighted by Crippen LogP contribution is -2.35. The van der Waals surface area contributed by atoms with E-state index in [1.165, 1.54) is 19.2 Å². The van der Waals surface area contributed by atoms with Crippen LogP contribution in [0.25, 0.3) is 0 Å². The molecule has 1 aromatic carbocycles. The van der Waals surface area contributed by atoms with Gasteiger partial charge in [-0.05, 0) is 39.8 Å². The molecule has 0 aliphatic rings. The lowest BCUT2D eigenvalue weighted by Gasteiger charge is -2.22. The molecule has 0 bridgehead atoms. The second kappa shape index (κ2) is 6.45. The molecule has 112 valence electrons. The van der Waals surface area contributed by atoms with Gasteiger partial charge in [-0.3, -0.25) is 0 Å². The molecule has 0 saturated carbocycles. The maximum atomic E-state index is 14.0. The van der Waals surface area contributed by atoms with Crippen LogP contribution in [0.3, 0.4) is 0 Å². The summed E-state index contributed by atoms with van der Waals surface area (Å²) in [5, 5.41) is 0. The van der Waals surface area contributed by atoms with Gasteiger partial charge >= 0.3 is 5.97 Å². The van der Waals surface area contributed by atoms with E-state index >= 15 is 0 Å². The summed E-state index contributed by atoms with van der Waals surface area (Å²) in [7, 11) is -0.0593. The summed E-state index contributed by atoms with van der Waals surface area (Å²) >= 11 is 0. The van der Waals surface area contributed by atoms with Crippen LogP contribution in [0, 0.1) is 5.82 Å². The lowest BCUT2D eigenvalue weighted by atomic mass is 10.1. The van der Waals surface area contributed by atoms with Crippen LogP contribution in [0.4, 0.5) is 4.39 Å². The molecule has 0 saturated heterocycles. The van der Waals surface area contributed by atoms with Gasteiger partial charge in [0.1, 0.15) is 5.82 Å². The molecule has 0 aromatic heterocycles. The van der Waals surface area contributed by atoms with E-state index in [-0.39, 0.29) is 5.56 Å². The van der Waals surface area contributed by atoms with Gasteiger partial charge < -0.3 is 4.74 Å². The second-order valence-electron chi connectivity index (χ2n) is 5.45. The Bertz CT molecular complexity index is 526. The number of benzene rings is 1. The van der Waals surface area contributed by atoms with E-state index in [0.29, 0.717) is 5.56 Å². The van der Waals surface area contributed by atoms with Crippen molar-refractivity contribution in [3.63, 3.8) is 0 Å². The first-order valence-electron chi connectivity index (χ1n) is 6.22. The van der Waals surface area contributed by atoms with E-state index in [0.717, 1.165) is 6.07 Å². The highest BCUT2D eigenvalue weighted by atomic mass is 32.2.